The van der Waals surface area contributed by atoms with Crippen molar-refractivity contribution in [3.63, 3.8) is 0 Å². The molecule has 0 aromatic heterocycles. The van der Waals surface area contributed by atoms with E-state index in [4.69, 9.17) is 0 Å². The molecule has 128 valence electrons. The molecule has 4 nitrogen and oxygen atoms in total. The number of nitrogens with zero attached hydrogens (tertiary/aromatic N) is 2. The van der Waals surface area contributed by atoms with Gasteiger partial charge in [-0.25, -0.2) is 0 Å². The Morgan fingerprint density at radius 3 is 2.79 bits per heavy atom. The van der Waals surface area contributed by atoms with Crippen LogP contribution in [-0.2, 0) is 4.79 Å². The number of carbonyl (C=O) groups excluding carboxylic acids is 1. The van der Waals surface area contributed by atoms with Crippen molar-refractivity contribution in [1.29, 1.82) is 5.26 Å². The Labute approximate surface area is 145 Å². The average molecular weight is 325 g/mol. The van der Waals surface area contributed by atoms with Crippen molar-refractivity contribution in [2.45, 2.75) is 58.9 Å². The van der Waals surface area contributed by atoms with E-state index in [2.05, 4.69) is 37.1 Å². The van der Waals surface area contributed by atoms with Crippen LogP contribution in [0, 0.1) is 18.3 Å². The van der Waals surface area contributed by atoms with Gasteiger partial charge < -0.3 is 10.2 Å². The second kappa shape index (κ2) is 8.01. The van der Waals surface area contributed by atoms with E-state index in [1.807, 2.05) is 25.1 Å². The van der Waals surface area contributed by atoms with Crippen LogP contribution in [-0.4, -0.2) is 23.4 Å². The van der Waals surface area contributed by atoms with Crippen LogP contribution in [0.3, 0.4) is 0 Å². The van der Waals surface area contributed by atoms with Gasteiger partial charge in [-0.2, -0.15) is 5.26 Å². The second-order valence-corrected chi connectivity index (χ2v) is 6.89. The third kappa shape index (κ3) is 4.17. The summed E-state index contributed by atoms with van der Waals surface area (Å²) in [7, 11) is 0. The Morgan fingerprint density at radius 2 is 2.17 bits per heavy atom. The van der Waals surface area contributed by atoms with Gasteiger partial charge in [0, 0.05) is 24.5 Å². The molecule has 0 radical (unpaired) electrons. The number of aryl methyl sites for hydroxylation is 1. The summed E-state index contributed by atoms with van der Waals surface area (Å²) in [6, 6.07) is 8.44. The van der Waals surface area contributed by atoms with Crippen LogP contribution in [0.5, 0.6) is 0 Å². The van der Waals surface area contributed by atoms with Crippen molar-refractivity contribution in [2.24, 2.45) is 0 Å². The Balaban J connectivity index is 2.23. The second-order valence-electron chi connectivity index (χ2n) is 6.89. The lowest BCUT2D eigenvalue weighted by Gasteiger charge is -2.32. The molecule has 1 aromatic rings. The van der Waals surface area contributed by atoms with E-state index < -0.39 is 0 Å². The molecule has 1 atom stereocenters. The van der Waals surface area contributed by atoms with Crippen molar-refractivity contribution in [3.8, 4) is 6.07 Å². The summed E-state index contributed by atoms with van der Waals surface area (Å²) in [5.74, 6) is -0.0247. The zero-order valence-electron chi connectivity index (χ0n) is 15.1. The highest BCUT2D eigenvalue weighted by atomic mass is 16.1. The van der Waals surface area contributed by atoms with E-state index in [0.29, 0.717) is 12.0 Å². The zero-order valence-corrected chi connectivity index (χ0v) is 15.1. The molecule has 2 rings (SSSR count). The number of hydrogen-bond acceptors (Lipinski definition) is 3. The molecule has 24 heavy (non-hydrogen) atoms. The fraction of sp³-hybridized carbons (Fsp3) is 0.500. The molecule has 1 fully saturated rings. The maximum absolute atomic E-state index is 12.6. The lowest BCUT2D eigenvalue weighted by atomic mass is 9.98. The van der Waals surface area contributed by atoms with Crippen LogP contribution < -0.4 is 5.32 Å². The summed E-state index contributed by atoms with van der Waals surface area (Å²) < 4.78 is 0. The van der Waals surface area contributed by atoms with Gasteiger partial charge in [-0.1, -0.05) is 32.0 Å². The summed E-state index contributed by atoms with van der Waals surface area (Å²) in [6.45, 7) is 9.22. The van der Waals surface area contributed by atoms with E-state index >= 15 is 0 Å². The van der Waals surface area contributed by atoms with Gasteiger partial charge in [0.05, 0.1) is 0 Å². The highest BCUT2D eigenvalue weighted by Gasteiger charge is 2.19. The fourth-order valence-corrected chi connectivity index (χ4v) is 3.14. The highest BCUT2D eigenvalue weighted by Crippen LogP contribution is 2.28. The quantitative estimate of drug-likeness (QED) is 0.662. The van der Waals surface area contributed by atoms with Crippen LogP contribution in [0.25, 0.3) is 0 Å². The highest BCUT2D eigenvalue weighted by molar-refractivity contribution is 6.07. The Morgan fingerprint density at radius 1 is 1.42 bits per heavy atom. The van der Waals surface area contributed by atoms with Crippen molar-refractivity contribution in [1.82, 2.24) is 4.90 Å². The lowest BCUT2D eigenvalue weighted by molar-refractivity contribution is -0.112. The molecule has 0 bridgehead atoms. The molecule has 1 aliphatic rings. The molecule has 1 heterocycles. The van der Waals surface area contributed by atoms with Gasteiger partial charge in [0.2, 0.25) is 0 Å². The van der Waals surface area contributed by atoms with Crippen LogP contribution >= 0.6 is 0 Å². The molecule has 0 spiro atoms. The smallest absolute Gasteiger partial charge is 0.267 e. The Kier molecular flexibility index (Phi) is 6.03. The predicted octanol–water partition coefficient (Wildman–Crippen LogP) is 4.34. The largest absolute Gasteiger partial charge is 0.373 e. The first-order valence-corrected chi connectivity index (χ1v) is 8.72. The van der Waals surface area contributed by atoms with Gasteiger partial charge >= 0.3 is 0 Å². The lowest BCUT2D eigenvalue weighted by Crippen LogP contribution is -2.34. The molecular formula is C20H27N3O. The molecule has 1 aliphatic heterocycles. The van der Waals surface area contributed by atoms with Crippen molar-refractivity contribution in [2.75, 3.05) is 11.9 Å². The summed E-state index contributed by atoms with van der Waals surface area (Å²) in [4.78, 5) is 14.7. The van der Waals surface area contributed by atoms with Crippen LogP contribution in [0.15, 0.2) is 30.0 Å². The molecule has 1 saturated heterocycles. The number of amides is 1. The number of nitriles is 1. The van der Waals surface area contributed by atoms with Gasteiger partial charge in [0.25, 0.3) is 5.91 Å². The van der Waals surface area contributed by atoms with E-state index in [9.17, 15) is 10.1 Å². The van der Waals surface area contributed by atoms with E-state index in [0.717, 1.165) is 36.2 Å². The van der Waals surface area contributed by atoms with Gasteiger partial charge in [-0.15, -0.1) is 0 Å². The molecule has 0 saturated carbocycles. The number of nitrogens with one attached hydrogen (secondary N) is 1. The molecule has 1 amide bonds. The molecule has 1 aromatic carbocycles. The first-order chi connectivity index (χ1) is 11.4. The monoisotopic (exact) mass is 325 g/mol. The third-order valence-electron chi connectivity index (χ3n) is 4.68. The van der Waals surface area contributed by atoms with Crippen molar-refractivity contribution >= 4 is 11.6 Å². The first-order valence-electron chi connectivity index (χ1n) is 8.72. The summed E-state index contributed by atoms with van der Waals surface area (Å²) >= 11 is 0. The Hall–Kier alpha value is -2.28. The average Bonchev–Trinajstić information content (AvgIpc) is 2.55. The molecule has 1 N–H and O–H groups in total. The van der Waals surface area contributed by atoms with E-state index in [-0.39, 0.29) is 11.5 Å². The number of likely N-dealkylation sites (tertiary alicyclic amines) is 1. The summed E-state index contributed by atoms with van der Waals surface area (Å²) in [5, 5.41) is 12.4. The minimum atomic E-state index is -0.327. The number of anilines is 1. The predicted molar refractivity (Wildman–Crippen MR) is 97.6 cm³/mol. The molecule has 4 heteroatoms. The number of hydrogen-bond donors (Lipinski definition) is 1. The van der Waals surface area contributed by atoms with Crippen molar-refractivity contribution in [3.05, 3.63) is 41.1 Å². The summed E-state index contributed by atoms with van der Waals surface area (Å²) in [6.07, 6.45) is 5.15. The molecular weight excluding hydrogens is 298 g/mol. The number of piperidine rings is 1. The fourth-order valence-electron chi connectivity index (χ4n) is 3.14. The number of benzene rings is 1. The maximum atomic E-state index is 12.6. The third-order valence-corrected chi connectivity index (χ3v) is 4.68. The van der Waals surface area contributed by atoms with Gasteiger partial charge in [0.15, 0.2) is 0 Å². The minimum absolute atomic E-state index is 0.168. The van der Waals surface area contributed by atoms with Gasteiger partial charge in [-0.05, 0) is 50.2 Å². The van der Waals surface area contributed by atoms with E-state index in [1.54, 1.807) is 6.20 Å². The number of para-hydroxylation sites is 1. The Bertz CT molecular complexity index is 670. The summed E-state index contributed by atoms with van der Waals surface area (Å²) in [5.41, 5.74) is 3.09. The van der Waals surface area contributed by atoms with Crippen LogP contribution in [0.2, 0.25) is 0 Å². The van der Waals surface area contributed by atoms with Crippen molar-refractivity contribution < 1.29 is 4.79 Å². The van der Waals surface area contributed by atoms with Gasteiger partial charge in [0.1, 0.15) is 11.6 Å². The maximum Gasteiger partial charge on any atom is 0.267 e. The topological polar surface area (TPSA) is 56.1 Å². The first kappa shape index (κ1) is 18.1. The van der Waals surface area contributed by atoms with Crippen LogP contribution in [0.1, 0.15) is 57.1 Å². The minimum Gasteiger partial charge on any atom is -0.373 e. The normalized spacial score (nSPS) is 18.4. The number of carbonyl (C=O) groups is 1. The van der Waals surface area contributed by atoms with Gasteiger partial charge in [-0.3, -0.25) is 4.79 Å². The molecule has 0 aliphatic carbocycles. The number of rotatable bonds is 4. The SMILES string of the molecule is Cc1cccc(C(C)C)c1NC(=O)/C(C#N)=C\N1CCCCC1C. The standard InChI is InChI=1S/C20H27N3O/c1-14(2)18-10-7-8-15(3)19(18)22-20(24)17(12-21)13-23-11-6-5-9-16(23)4/h7-8,10,13-14,16H,5-6,9,11H2,1-4H3,(H,22,24)/b17-13-. The molecule has 1 unspecified atom stereocenters. The van der Waals surface area contributed by atoms with Crippen LogP contribution in [0.4, 0.5) is 5.69 Å². The zero-order chi connectivity index (χ0) is 17.7. The van der Waals surface area contributed by atoms with E-state index in [1.165, 1.54) is 6.42 Å².